The molecule has 1 aliphatic heterocycles. The minimum atomic E-state index is 0.208. The Bertz CT molecular complexity index is 413. The molecule has 2 heterocycles. The Labute approximate surface area is 109 Å². The van der Waals surface area contributed by atoms with Gasteiger partial charge in [0.25, 0.3) is 0 Å². The Morgan fingerprint density at radius 2 is 2.22 bits per heavy atom. The third-order valence-electron chi connectivity index (χ3n) is 4.54. The van der Waals surface area contributed by atoms with Crippen LogP contribution >= 0.6 is 0 Å². The minimum absolute atomic E-state index is 0.208. The Balaban J connectivity index is 1.68. The molecule has 18 heavy (non-hydrogen) atoms. The molecule has 1 atom stereocenters. The zero-order valence-corrected chi connectivity index (χ0v) is 10.9. The quantitative estimate of drug-likeness (QED) is 0.872. The highest BCUT2D eigenvalue weighted by Gasteiger charge is 2.39. The van der Waals surface area contributed by atoms with Gasteiger partial charge in [0.2, 0.25) is 0 Å². The number of pyridine rings is 1. The van der Waals surface area contributed by atoms with Crippen LogP contribution in [0.3, 0.4) is 0 Å². The molecule has 1 saturated heterocycles. The zero-order chi connectivity index (χ0) is 12.4. The monoisotopic (exact) mass is 246 g/mol. The molecule has 0 amide bonds. The molecule has 0 aromatic carbocycles. The first-order valence-corrected chi connectivity index (χ1v) is 7.11. The van der Waals surface area contributed by atoms with Crippen LogP contribution in [0, 0.1) is 5.92 Å². The molecule has 2 fully saturated rings. The van der Waals surface area contributed by atoms with Crippen LogP contribution in [0.2, 0.25) is 0 Å². The van der Waals surface area contributed by atoms with Crippen LogP contribution in [-0.4, -0.2) is 17.2 Å². The van der Waals surface area contributed by atoms with Crippen molar-refractivity contribution in [1.29, 1.82) is 0 Å². The normalized spacial score (nSPS) is 26.6. The summed E-state index contributed by atoms with van der Waals surface area (Å²) in [6.07, 6.45) is 10.4. The summed E-state index contributed by atoms with van der Waals surface area (Å²) in [5.74, 6) is 1.41. The Morgan fingerprint density at radius 3 is 3.00 bits per heavy atom. The van der Waals surface area contributed by atoms with E-state index in [9.17, 15) is 0 Å². The number of nitrogens with two attached hydrogens (primary N) is 1. The van der Waals surface area contributed by atoms with Gasteiger partial charge < -0.3 is 10.5 Å². The summed E-state index contributed by atoms with van der Waals surface area (Å²) in [5, 5.41) is 0. The fourth-order valence-electron chi connectivity index (χ4n) is 3.61. The van der Waals surface area contributed by atoms with Crippen molar-refractivity contribution >= 4 is 5.82 Å². The number of ether oxygens (including phenoxy) is 1. The van der Waals surface area contributed by atoms with E-state index < -0.39 is 0 Å². The second-order valence-corrected chi connectivity index (χ2v) is 5.85. The predicted molar refractivity (Wildman–Crippen MR) is 72.2 cm³/mol. The number of nitrogen functional groups attached to an aromatic ring is 1. The maximum Gasteiger partial charge on any atom is 0.126 e. The van der Waals surface area contributed by atoms with Crippen LogP contribution in [0.15, 0.2) is 18.3 Å². The maximum atomic E-state index is 6.08. The zero-order valence-electron chi connectivity index (χ0n) is 10.9. The molecule has 0 bridgehead atoms. The molecule has 2 N–H and O–H groups in total. The van der Waals surface area contributed by atoms with E-state index >= 15 is 0 Å². The van der Waals surface area contributed by atoms with Crippen molar-refractivity contribution < 1.29 is 4.74 Å². The van der Waals surface area contributed by atoms with Gasteiger partial charge in [-0.25, -0.2) is 4.98 Å². The number of hydrogen-bond acceptors (Lipinski definition) is 3. The molecule has 1 aliphatic carbocycles. The van der Waals surface area contributed by atoms with Crippen molar-refractivity contribution in [3.63, 3.8) is 0 Å². The van der Waals surface area contributed by atoms with Crippen molar-refractivity contribution in [2.45, 2.75) is 50.5 Å². The van der Waals surface area contributed by atoms with E-state index in [1.165, 1.54) is 37.7 Å². The molecule has 0 radical (unpaired) electrons. The van der Waals surface area contributed by atoms with E-state index in [0.29, 0.717) is 11.7 Å². The van der Waals surface area contributed by atoms with E-state index in [2.05, 4.69) is 11.1 Å². The molecule has 1 spiro atoms. The van der Waals surface area contributed by atoms with E-state index in [1.807, 2.05) is 6.07 Å². The number of rotatable bonds is 2. The topological polar surface area (TPSA) is 48.1 Å². The summed E-state index contributed by atoms with van der Waals surface area (Å²) >= 11 is 0. The molecule has 1 aromatic rings. The van der Waals surface area contributed by atoms with Gasteiger partial charge in [-0.2, -0.15) is 0 Å². The van der Waals surface area contributed by atoms with E-state index in [1.54, 1.807) is 6.20 Å². The first-order valence-electron chi connectivity index (χ1n) is 7.11. The third-order valence-corrected chi connectivity index (χ3v) is 4.54. The van der Waals surface area contributed by atoms with Crippen molar-refractivity contribution in [3.8, 4) is 0 Å². The van der Waals surface area contributed by atoms with Gasteiger partial charge in [0.15, 0.2) is 0 Å². The SMILES string of the molecule is Nc1ncccc1CC1CCOC2(CCCC2)C1. The van der Waals surface area contributed by atoms with Crippen molar-refractivity contribution in [1.82, 2.24) is 4.98 Å². The fraction of sp³-hybridized carbons (Fsp3) is 0.667. The molecular weight excluding hydrogens is 224 g/mol. The fourth-order valence-corrected chi connectivity index (χ4v) is 3.61. The van der Waals surface area contributed by atoms with Gasteiger partial charge in [-0.1, -0.05) is 18.9 Å². The summed E-state index contributed by atoms with van der Waals surface area (Å²) in [4.78, 5) is 4.18. The van der Waals surface area contributed by atoms with E-state index in [4.69, 9.17) is 10.5 Å². The number of aromatic nitrogens is 1. The van der Waals surface area contributed by atoms with Crippen LogP contribution in [-0.2, 0) is 11.2 Å². The largest absolute Gasteiger partial charge is 0.383 e. The lowest BCUT2D eigenvalue weighted by atomic mass is 9.81. The van der Waals surface area contributed by atoms with Crippen molar-refractivity contribution in [2.75, 3.05) is 12.3 Å². The molecule has 1 aromatic heterocycles. The Morgan fingerprint density at radius 1 is 1.39 bits per heavy atom. The van der Waals surface area contributed by atoms with Gasteiger partial charge in [-0.3, -0.25) is 0 Å². The standard InChI is InChI=1S/C15H22N2O/c16-14-13(4-3-8-17-14)10-12-5-9-18-15(11-12)6-1-2-7-15/h3-4,8,12H,1-2,5-7,9-11H2,(H2,16,17). The van der Waals surface area contributed by atoms with E-state index in [-0.39, 0.29) is 5.60 Å². The maximum absolute atomic E-state index is 6.08. The second kappa shape index (κ2) is 4.88. The molecule has 1 saturated carbocycles. The first kappa shape index (κ1) is 12.0. The smallest absolute Gasteiger partial charge is 0.126 e. The van der Waals surface area contributed by atoms with Crippen molar-refractivity contribution in [2.24, 2.45) is 5.92 Å². The second-order valence-electron chi connectivity index (χ2n) is 5.85. The Hall–Kier alpha value is -1.09. The first-order chi connectivity index (χ1) is 8.77. The molecule has 2 aliphatic rings. The van der Waals surface area contributed by atoms with Gasteiger partial charge in [-0.05, 0) is 49.7 Å². The molecule has 3 nitrogen and oxygen atoms in total. The molecule has 98 valence electrons. The molecule has 3 rings (SSSR count). The van der Waals surface area contributed by atoms with Crippen LogP contribution in [0.25, 0.3) is 0 Å². The number of anilines is 1. The van der Waals surface area contributed by atoms with Gasteiger partial charge in [0, 0.05) is 12.8 Å². The predicted octanol–water partition coefficient (Wildman–Crippen LogP) is 2.95. The average Bonchev–Trinajstić information content (AvgIpc) is 2.80. The average molecular weight is 246 g/mol. The molecule has 1 unspecified atom stereocenters. The molecular formula is C15H22N2O. The third kappa shape index (κ3) is 2.37. The summed E-state index contributed by atoms with van der Waals surface area (Å²) in [6.45, 7) is 0.921. The van der Waals surface area contributed by atoms with Crippen LogP contribution < -0.4 is 5.73 Å². The van der Waals surface area contributed by atoms with Crippen LogP contribution in [0.4, 0.5) is 5.82 Å². The number of nitrogens with zero attached hydrogens (tertiary/aromatic N) is 1. The summed E-state index contributed by atoms with van der Waals surface area (Å²) in [5.41, 5.74) is 7.35. The summed E-state index contributed by atoms with van der Waals surface area (Å²) < 4.78 is 6.08. The van der Waals surface area contributed by atoms with Gasteiger partial charge in [0.05, 0.1) is 5.60 Å². The lowest BCUT2D eigenvalue weighted by Gasteiger charge is -2.38. The highest BCUT2D eigenvalue weighted by atomic mass is 16.5. The van der Waals surface area contributed by atoms with Gasteiger partial charge >= 0.3 is 0 Å². The van der Waals surface area contributed by atoms with Gasteiger partial charge in [-0.15, -0.1) is 0 Å². The summed E-state index contributed by atoms with van der Waals surface area (Å²) in [7, 11) is 0. The summed E-state index contributed by atoms with van der Waals surface area (Å²) in [6, 6.07) is 4.09. The van der Waals surface area contributed by atoms with Gasteiger partial charge in [0.1, 0.15) is 5.82 Å². The minimum Gasteiger partial charge on any atom is -0.383 e. The Kier molecular flexibility index (Phi) is 3.25. The highest BCUT2D eigenvalue weighted by molar-refractivity contribution is 5.38. The lowest BCUT2D eigenvalue weighted by molar-refractivity contribution is -0.0923. The number of hydrogen-bond donors (Lipinski definition) is 1. The van der Waals surface area contributed by atoms with Crippen molar-refractivity contribution in [3.05, 3.63) is 23.9 Å². The highest BCUT2D eigenvalue weighted by Crippen LogP contribution is 2.42. The van der Waals surface area contributed by atoms with Crippen LogP contribution in [0.5, 0.6) is 0 Å². The van der Waals surface area contributed by atoms with E-state index in [0.717, 1.165) is 19.4 Å². The molecule has 3 heteroatoms. The van der Waals surface area contributed by atoms with Crippen LogP contribution in [0.1, 0.15) is 44.1 Å². The lowest BCUT2D eigenvalue weighted by Crippen LogP contribution is -2.37.